The maximum atomic E-state index is 8.74. The highest BCUT2D eigenvalue weighted by Crippen LogP contribution is 2.01. The van der Waals surface area contributed by atoms with E-state index >= 15 is 0 Å². The molecule has 4 nitrogen and oxygen atoms in total. The second-order valence-corrected chi connectivity index (χ2v) is 3.48. The molecule has 0 spiro atoms. The van der Waals surface area contributed by atoms with Crippen LogP contribution in [-0.4, -0.2) is 72.5 Å². The molecule has 0 bridgehead atoms. The molecule has 0 unspecified atom stereocenters. The molecule has 94 valence electrons. The quantitative estimate of drug-likeness (QED) is 0.697. The van der Waals surface area contributed by atoms with Crippen molar-refractivity contribution >= 4 is 0 Å². The Morgan fingerprint density at radius 2 is 1.20 bits per heavy atom. The van der Waals surface area contributed by atoms with E-state index in [2.05, 4.69) is 9.80 Å². The van der Waals surface area contributed by atoms with Gasteiger partial charge in [0.05, 0.1) is 6.61 Å². The van der Waals surface area contributed by atoms with Crippen LogP contribution in [0.3, 0.4) is 0 Å². The van der Waals surface area contributed by atoms with E-state index in [4.69, 9.17) is 10.2 Å². The molecule has 0 amide bonds. The normalized spacial score (nSPS) is 18.0. The summed E-state index contributed by atoms with van der Waals surface area (Å²) in [5.74, 6) is 0. The molecule has 0 aromatic rings. The van der Waals surface area contributed by atoms with Crippen molar-refractivity contribution in [1.29, 1.82) is 0 Å². The van der Waals surface area contributed by atoms with Crippen molar-refractivity contribution in [2.24, 2.45) is 0 Å². The molecule has 0 radical (unpaired) electrons. The SMILES string of the molecule is C.C.OCCCN1CCN(CCO)CC1. The summed E-state index contributed by atoms with van der Waals surface area (Å²) < 4.78 is 0. The highest BCUT2D eigenvalue weighted by atomic mass is 16.3. The first-order valence-corrected chi connectivity index (χ1v) is 5.03. The zero-order chi connectivity index (χ0) is 9.52. The molecule has 4 heteroatoms. The highest BCUT2D eigenvalue weighted by molar-refractivity contribution is 4.71. The Labute approximate surface area is 94.5 Å². The van der Waals surface area contributed by atoms with Gasteiger partial charge in [0.2, 0.25) is 0 Å². The molecule has 0 aliphatic carbocycles. The summed E-state index contributed by atoms with van der Waals surface area (Å²) >= 11 is 0. The maximum absolute atomic E-state index is 8.74. The molecule has 1 heterocycles. The monoisotopic (exact) mass is 220 g/mol. The number of hydrogen-bond donors (Lipinski definition) is 2. The van der Waals surface area contributed by atoms with Crippen LogP contribution in [0.4, 0.5) is 0 Å². The Kier molecular flexibility index (Phi) is 11.9. The zero-order valence-electron chi connectivity index (χ0n) is 8.15. The van der Waals surface area contributed by atoms with Crippen LogP contribution >= 0.6 is 0 Å². The van der Waals surface area contributed by atoms with Crippen molar-refractivity contribution in [3.05, 3.63) is 0 Å². The van der Waals surface area contributed by atoms with Crippen LogP contribution in [-0.2, 0) is 0 Å². The molecule has 1 rings (SSSR count). The average Bonchev–Trinajstić information content (AvgIpc) is 2.17. The maximum Gasteiger partial charge on any atom is 0.0558 e. The number of nitrogens with zero attached hydrogens (tertiary/aromatic N) is 2. The van der Waals surface area contributed by atoms with Gasteiger partial charge >= 0.3 is 0 Å². The van der Waals surface area contributed by atoms with E-state index in [-0.39, 0.29) is 28.1 Å². The van der Waals surface area contributed by atoms with Gasteiger partial charge in [-0.2, -0.15) is 0 Å². The minimum absolute atomic E-state index is 0. The van der Waals surface area contributed by atoms with E-state index in [1.807, 2.05) is 0 Å². The lowest BCUT2D eigenvalue weighted by atomic mass is 10.3. The Bertz CT molecular complexity index is 126. The van der Waals surface area contributed by atoms with Gasteiger partial charge in [0.15, 0.2) is 0 Å². The minimum atomic E-state index is 0. The van der Waals surface area contributed by atoms with Crippen molar-refractivity contribution in [2.75, 3.05) is 52.5 Å². The fourth-order valence-electron chi connectivity index (χ4n) is 1.67. The summed E-state index contributed by atoms with van der Waals surface area (Å²) in [6.07, 6.45) is 0.875. The number of piperazine rings is 1. The zero-order valence-corrected chi connectivity index (χ0v) is 8.15. The Morgan fingerprint density at radius 3 is 1.60 bits per heavy atom. The minimum Gasteiger partial charge on any atom is -0.396 e. The van der Waals surface area contributed by atoms with E-state index in [0.29, 0.717) is 0 Å². The molecule has 15 heavy (non-hydrogen) atoms. The summed E-state index contributed by atoms with van der Waals surface area (Å²) in [7, 11) is 0. The van der Waals surface area contributed by atoms with Gasteiger partial charge in [-0.05, 0) is 6.42 Å². The van der Waals surface area contributed by atoms with E-state index in [1.165, 1.54) is 0 Å². The van der Waals surface area contributed by atoms with Crippen molar-refractivity contribution < 1.29 is 10.2 Å². The van der Waals surface area contributed by atoms with Gasteiger partial charge in [-0.15, -0.1) is 0 Å². The predicted octanol–water partition coefficient (Wildman–Crippen LogP) is 0.251. The van der Waals surface area contributed by atoms with Crippen LogP contribution in [0, 0.1) is 0 Å². The molecule has 0 atom stereocenters. The molecule has 2 N–H and O–H groups in total. The van der Waals surface area contributed by atoms with Gasteiger partial charge in [-0.1, -0.05) is 14.9 Å². The third-order valence-electron chi connectivity index (χ3n) is 2.51. The smallest absolute Gasteiger partial charge is 0.0558 e. The summed E-state index contributed by atoms with van der Waals surface area (Å²) in [6.45, 7) is 6.59. The molecule has 0 aromatic carbocycles. The Balaban J connectivity index is 0. The van der Waals surface area contributed by atoms with Gasteiger partial charge < -0.3 is 15.1 Å². The van der Waals surface area contributed by atoms with Crippen molar-refractivity contribution in [2.45, 2.75) is 21.3 Å². The van der Waals surface area contributed by atoms with Crippen molar-refractivity contribution in [3.63, 3.8) is 0 Å². The van der Waals surface area contributed by atoms with Crippen LogP contribution in [0.2, 0.25) is 0 Å². The molecule has 1 saturated heterocycles. The van der Waals surface area contributed by atoms with Crippen molar-refractivity contribution in [3.8, 4) is 0 Å². The van der Waals surface area contributed by atoms with Crippen LogP contribution in [0.5, 0.6) is 0 Å². The lowest BCUT2D eigenvalue weighted by Crippen LogP contribution is -2.47. The topological polar surface area (TPSA) is 46.9 Å². The van der Waals surface area contributed by atoms with Gasteiger partial charge in [0, 0.05) is 45.9 Å². The van der Waals surface area contributed by atoms with Crippen molar-refractivity contribution in [1.82, 2.24) is 9.80 Å². The number of aliphatic hydroxyl groups is 2. The van der Waals surface area contributed by atoms with Gasteiger partial charge in [0.25, 0.3) is 0 Å². The van der Waals surface area contributed by atoms with Crippen LogP contribution in [0.15, 0.2) is 0 Å². The van der Waals surface area contributed by atoms with E-state index < -0.39 is 0 Å². The third-order valence-corrected chi connectivity index (χ3v) is 2.51. The number of β-amino-alcohol motifs (C(OH)–C–C–N with tert-alkyl or cyclic N) is 1. The van der Waals surface area contributed by atoms with E-state index in [1.54, 1.807) is 0 Å². The average molecular weight is 220 g/mol. The molecule has 1 aliphatic rings. The summed E-state index contributed by atoms with van der Waals surface area (Å²) in [4.78, 5) is 4.64. The van der Waals surface area contributed by atoms with Crippen LogP contribution in [0.1, 0.15) is 21.3 Å². The van der Waals surface area contributed by atoms with Crippen LogP contribution in [0.25, 0.3) is 0 Å². The Morgan fingerprint density at radius 1 is 0.733 bits per heavy atom. The molecule has 1 fully saturated rings. The largest absolute Gasteiger partial charge is 0.396 e. The van der Waals surface area contributed by atoms with Gasteiger partial charge in [-0.3, -0.25) is 4.90 Å². The first-order valence-electron chi connectivity index (χ1n) is 5.03. The predicted molar refractivity (Wildman–Crippen MR) is 65.1 cm³/mol. The number of aliphatic hydroxyl groups excluding tert-OH is 2. The first kappa shape index (κ1) is 17.2. The fraction of sp³-hybridized carbons (Fsp3) is 1.00. The molecular weight excluding hydrogens is 192 g/mol. The van der Waals surface area contributed by atoms with Gasteiger partial charge in [0.1, 0.15) is 0 Å². The van der Waals surface area contributed by atoms with E-state index in [9.17, 15) is 0 Å². The Hall–Kier alpha value is -0.160. The third kappa shape index (κ3) is 6.84. The number of rotatable bonds is 5. The number of hydrogen-bond acceptors (Lipinski definition) is 4. The lowest BCUT2D eigenvalue weighted by molar-refractivity contribution is 0.107. The van der Waals surface area contributed by atoms with Crippen LogP contribution < -0.4 is 0 Å². The lowest BCUT2D eigenvalue weighted by Gasteiger charge is -2.34. The summed E-state index contributed by atoms with van der Waals surface area (Å²) in [5, 5.41) is 17.4. The second kappa shape index (κ2) is 10.4. The molecule has 0 saturated carbocycles. The fourth-order valence-corrected chi connectivity index (χ4v) is 1.67. The summed E-state index contributed by atoms with van der Waals surface area (Å²) in [5.41, 5.74) is 0. The molecular formula is C11H28N2O2. The highest BCUT2D eigenvalue weighted by Gasteiger charge is 2.14. The first-order chi connectivity index (χ1) is 6.36. The molecule has 0 aromatic heterocycles. The molecule has 1 aliphatic heterocycles. The second-order valence-electron chi connectivity index (χ2n) is 3.48. The van der Waals surface area contributed by atoms with E-state index in [0.717, 1.165) is 45.7 Å². The van der Waals surface area contributed by atoms with Gasteiger partial charge in [-0.25, -0.2) is 0 Å². The standard InChI is InChI=1S/C9H20N2O2.2CH4/c12-8-1-2-10-3-5-11(6-4-10)7-9-13;;/h12-13H,1-9H2;2*1H4. The summed E-state index contributed by atoms with van der Waals surface area (Å²) in [6, 6.07) is 0.